The van der Waals surface area contributed by atoms with Crippen molar-refractivity contribution >= 4 is 27.3 Å². The number of nitrogens with zero attached hydrogens (tertiary/aromatic N) is 1. The Morgan fingerprint density at radius 3 is 2.56 bits per heavy atom. The average Bonchev–Trinajstić information content (AvgIpc) is 2.08. The molecule has 1 aliphatic carbocycles. The molecule has 2 fully saturated rings. The normalized spacial score (nSPS) is 21.8. The van der Waals surface area contributed by atoms with Gasteiger partial charge in [0, 0.05) is 28.7 Å². The molecule has 0 unspecified atom stereocenters. The van der Waals surface area contributed by atoms with Crippen LogP contribution in [0.3, 0.4) is 0 Å². The van der Waals surface area contributed by atoms with E-state index in [-0.39, 0.29) is 0 Å². The summed E-state index contributed by atoms with van der Waals surface area (Å²) in [6.45, 7) is 4.48. The number of nitrogen functional groups attached to an aromatic ring is 1. The van der Waals surface area contributed by atoms with E-state index in [9.17, 15) is 0 Å². The van der Waals surface area contributed by atoms with Gasteiger partial charge >= 0.3 is 0 Å². The molecule has 1 aliphatic heterocycles. The number of halogens is 1. The summed E-state index contributed by atoms with van der Waals surface area (Å²) in [6.07, 6.45) is 4.26. The molecule has 1 spiro atoms. The Hall–Kier alpha value is -0.700. The minimum Gasteiger partial charge on any atom is -0.398 e. The number of aryl methyl sites for hydroxylation is 1. The van der Waals surface area contributed by atoms with Crippen LogP contribution in [0.15, 0.2) is 16.6 Å². The van der Waals surface area contributed by atoms with Gasteiger partial charge in [-0.1, -0.05) is 6.42 Å². The predicted octanol–water partition coefficient (Wildman–Crippen LogP) is 3.33. The summed E-state index contributed by atoms with van der Waals surface area (Å²) in [5.41, 5.74) is 9.95. The van der Waals surface area contributed by atoms with E-state index in [1.54, 1.807) is 0 Å². The van der Waals surface area contributed by atoms with Crippen LogP contribution in [0, 0.1) is 12.3 Å². The van der Waals surface area contributed by atoms with Crippen LogP contribution in [0.5, 0.6) is 0 Å². The van der Waals surface area contributed by atoms with Gasteiger partial charge in [-0.2, -0.15) is 0 Å². The Morgan fingerprint density at radius 2 is 2.00 bits per heavy atom. The summed E-state index contributed by atoms with van der Waals surface area (Å²) in [6, 6.07) is 4.22. The summed E-state index contributed by atoms with van der Waals surface area (Å²) in [5, 5.41) is 0. The van der Waals surface area contributed by atoms with E-state index < -0.39 is 0 Å². The highest BCUT2D eigenvalue weighted by molar-refractivity contribution is 9.10. The molecule has 0 atom stereocenters. The topological polar surface area (TPSA) is 29.3 Å². The average molecular weight is 281 g/mol. The number of rotatable bonds is 1. The van der Waals surface area contributed by atoms with Gasteiger partial charge in [0.1, 0.15) is 0 Å². The van der Waals surface area contributed by atoms with Crippen LogP contribution in [-0.2, 0) is 0 Å². The van der Waals surface area contributed by atoms with Gasteiger partial charge in [0.25, 0.3) is 0 Å². The van der Waals surface area contributed by atoms with Gasteiger partial charge in [-0.05, 0) is 53.4 Å². The highest BCUT2D eigenvalue weighted by Gasteiger charge is 2.47. The third kappa shape index (κ3) is 1.45. The number of hydrogen-bond acceptors (Lipinski definition) is 2. The SMILES string of the molecule is Cc1cc(Br)c(N2CC3(CCC3)C2)cc1N. The van der Waals surface area contributed by atoms with E-state index >= 15 is 0 Å². The fourth-order valence-electron chi connectivity index (χ4n) is 2.85. The van der Waals surface area contributed by atoms with Gasteiger partial charge in [-0.25, -0.2) is 0 Å². The third-order valence-corrected chi connectivity index (χ3v) is 4.78. The molecule has 0 radical (unpaired) electrons. The van der Waals surface area contributed by atoms with E-state index in [2.05, 4.69) is 33.0 Å². The molecule has 0 bridgehead atoms. The van der Waals surface area contributed by atoms with Crippen LogP contribution in [0.1, 0.15) is 24.8 Å². The molecule has 1 saturated heterocycles. The van der Waals surface area contributed by atoms with Crippen molar-refractivity contribution in [1.29, 1.82) is 0 Å². The summed E-state index contributed by atoms with van der Waals surface area (Å²) < 4.78 is 1.17. The van der Waals surface area contributed by atoms with Gasteiger partial charge in [0.2, 0.25) is 0 Å². The van der Waals surface area contributed by atoms with Gasteiger partial charge in [0.15, 0.2) is 0 Å². The molecule has 2 N–H and O–H groups in total. The van der Waals surface area contributed by atoms with Crippen molar-refractivity contribution in [2.45, 2.75) is 26.2 Å². The summed E-state index contributed by atoms with van der Waals surface area (Å²) in [4.78, 5) is 2.44. The standard InChI is InChI=1S/C13H17BrN2/c1-9-5-10(14)12(6-11(9)15)16-7-13(8-16)3-2-4-13/h5-6H,2-4,7-8,15H2,1H3. The van der Waals surface area contributed by atoms with Crippen molar-refractivity contribution in [1.82, 2.24) is 0 Å². The van der Waals surface area contributed by atoms with Gasteiger partial charge < -0.3 is 10.6 Å². The molecule has 1 heterocycles. The lowest BCUT2D eigenvalue weighted by molar-refractivity contribution is 0.0903. The zero-order valence-corrected chi connectivity index (χ0v) is 11.2. The Balaban J connectivity index is 1.83. The lowest BCUT2D eigenvalue weighted by Gasteiger charge is -2.57. The smallest absolute Gasteiger partial charge is 0.0531 e. The van der Waals surface area contributed by atoms with E-state index in [0.29, 0.717) is 5.41 Å². The van der Waals surface area contributed by atoms with Crippen LogP contribution in [0.2, 0.25) is 0 Å². The highest BCUT2D eigenvalue weighted by atomic mass is 79.9. The third-order valence-electron chi connectivity index (χ3n) is 4.14. The molecular formula is C13H17BrN2. The van der Waals surface area contributed by atoms with Crippen LogP contribution in [0.4, 0.5) is 11.4 Å². The fraction of sp³-hybridized carbons (Fsp3) is 0.538. The van der Waals surface area contributed by atoms with Gasteiger partial charge in [0.05, 0.1) is 5.69 Å². The van der Waals surface area contributed by atoms with Crippen molar-refractivity contribution in [3.8, 4) is 0 Å². The first-order chi connectivity index (χ1) is 7.60. The first-order valence-electron chi connectivity index (χ1n) is 5.90. The summed E-state index contributed by atoms with van der Waals surface area (Å²) in [5.74, 6) is 0. The van der Waals surface area contributed by atoms with Crippen LogP contribution >= 0.6 is 15.9 Å². The molecule has 16 heavy (non-hydrogen) atoms. The fourth-order valence-corrected chi connectivity index (χ4v) is 3.56. The maximum Gasteiger partial charge on any atom is 0.0531 e. The molecule has 0 aromatic heterocycles. The van der Waals surface area contributed by atoms with Gasteiger partial charge in [-0.15, -0.1) is 0 Å². The minimum atomic E-state index is 0.666. The molecule has 0 amide bonds. The summed E-state index contributed by atoms with van der Waals surface area (Å²) in [7, 11) is 0. The zero-order valence-electron chi connectivity index (χ0n) is 9.59. The largest absolute Gasteiger partial charge is 0.398 e. The van der Waals surface area contributed by atoms with E-state index in [0.717, 1.165) is 11.3 Å². The number of nitrogens with two attached hydrogens (primary N) is 1. The Bertz CT molecular complexity index is 430. The molecule has 1 aromatic carbocycles. The molecule has 86 valence electrons. The summed E-state index contributed by atoms with van der Waals surface area (Å²) >= 11 is 3.64. The second kappa shape index (κ2) is 3.39. The van der Waals surface area contributed by atoms with Crippen molar-refractivity contribution < 1.29 is 0 Å². The quantitative estimate of drug-likeness (QED) is 0.800. The van der Waals surface area contributed by atoms with Crippen molar-refractivity contribution in [2.75, 3.05) is 23.7 Å². The molecular weight excluding hydrogens is 264 g/mol. The molecule has 2 nitrogen and oxygen atoms in total. The second-order valence-electron chi connectivity index (χ2n) is 5.37. The highest BCUT2D eigenvalue weighted by Crippen LogP contribution is 2.50. The Morgan fingerprint density at radius 1 is 1.31 bits per heavy atom. The monoisotopic (exact) mass is 280 g/mol. The number of hydrogen-bond donors (Lipinski definition) is 1. The zero-order chi connectivity index (χ0) is 11.3. The second-order valence-corrected chi connectivity index (χ2v) is 6.22. The maximum atomic E-state index is 5.97. The molecule has 1 aromatic rings. The van der Waals surface area contributed by atoms with E-state index in [1.165, 1.54) is 42.5 Å². The molecule has 3 heteroatoms. The van der Waals surface area contributed by atoms with Crippen LogP contribution < -0.4 is 10.6 Å². The maximum absolute atomic E-state index is 5.97. The molecule has 1 saturated carbocycles. The molecule has 3 rings (SSSR count). The Kier molecular flexibility index (Phi) is 2.22. The van der Waals surface area contributed by atoms with Crippen molar-refractivity contribution in [2.24, 2.45) is 5.41 Å². The predicted molar refractivity (Wildman–Crippen MR) is 71.8 cm³/mol. The van der Waals surface area contributed by atoms with Crippen LogP contribution in [0.25, 0.3) is 0 Å². The van der Waals surface area contributed by atoms with Gasteiger partial charge in [-0.3, -0.25) is 0 Å². The van der Waals surface area contributed by atoms with E-state index in [4.69, 9.17) is 5.73 Å². The first kappa shape index (κ1) is 10.5. The first-order valence-corrected chi connectivity index (χ1v) is 6.70. The lowest BCUT2D eigenvalue weighted by atomic mass is 9.63. The number of anilines is 2. The van der Waals surface area contributed by atoms with Crippen molar-refractivity contribution in [3.05, 3.63) is 22.2 Å². The molecule has 2 aliphatic rings. The minimum absolute atomic E-state index is 0.666. The van der Waals surface area contributed by atoms with Crippen LogP contribution in [-0.4, -0.2) is 13.1 Å². The van der Waals surface area contributed by atoms with E-state index in [1.807, 2.05) is 6.92 Å². The lowest BCUT2D eigenvalue weighted by Crippen LogP contribution is -2.60. The van der Waals surface area contributed by atoms with Crippen molar-refractivity contribution in [3.63, 3.8) is 0 Å². The Labute approximate surface area is 105 Å². The number of benzene rings is 1.